The molecule has 7 heteroatoms. The standard InChI is InChI=1S/C15H20N4O2S/c1-11-17-18-15-8-5-13(10-19(11)15)16-9-12-3-6-14(7-4-12)22(2,20)21/h3-4,6-7,13,16H,5,8-10H2,1-2H3/t13-/m0/s1. The lowest BCUT2D eigenvalue weighted by Crippen LogP contribution is -2.37. The van der Waals surface area contributed by atoms with Gasteiger partial charge in [0.1, 0.15) is 11.6 Å². The molecule has 22 heavy (non-hydrogen) atoms. The van der Waals surface area contributed by atoms with Gasteiger partial charge in [0.25, 0.3) is 0 Å². The summed E-state index contributed by atoms with van der Waals surface area (Å²) in [6.07, 6.45) is 3.20. The van der Waals surface area contributed by atoms with Gasteiger partial charge in [-0.3, -0.25) is 0 Å². The number of sulfone groups is 1. The summed E-state index contributed by atoms with van der Waals surface area (Å²) < 4.78 is 25.0. The molecule has 0 saturated heterocycles. The van der Waals surface area contributed by atoms with Crippen LogP contribution < -0.4 is 5.32 Å². The van der Waals surface area contributed by atoms with Crippen LogP contribution in [0.15, 0.2) is 29.2 Å². The largest absolute Gasteiger partial charge is 0.314 e. The minimum Gasteiger partial charge on any atom is -0.314 e. The molecule has 0 fully saturated rings. The molecule has 1 aliphatic heterocycles. The Labute approximate surface area is 130 Å². The van der Waals surface area contributed by atoms with Crippen molar-refractivity contribution in [1.82, 2.24) is 20.1 Å². The van der Waals surface area contributed by atoms with Gasteiger partial charge in [-0.05, 0) is 31.0 Å². The molecule has 2 aromatic rings. The number of aryl methyl sites for hydroxylation is 2. The number of aromatic nitrogens is 3. The van der Waals surface area contributed by atoms with Gasteiger partial charge >= 0.3 is 0 Å². The predicted molar refractivity (Wildman–Crippen MR) is 83.3 cm³/mol. The zero-order valence-corrected chi connectivity index (χ0v) is 13.6. The van der Waals surface area contributed by atoms with Crippen molar-refractivity contribution in [2.45, 2.75) is 43.8 Å². The molecule has 1 aromatic heterocycles. The number of fused-ring (bicyclic) bond motifs is 1. The predicted octanol–water partition coefficient (Wildman–Crippen LogP) is 1.09. The molecule has 2 heterocycles. The van der Waals surface area contributed by atoms with Crippen LogP contribution in [0.5, 0.6) is 0 Å². The average Bonchev–Trinajstić information content (AvgIpc) is 2.86. The summed E-state index contributed by atoms with van der Waals surface area (Å²) in [5, 5.41) is 11.8. The highest BCUT2D eigenvalue weighted by Gasteiger charge is 2.20. The fourth-order valence-corrected chi connectivity index (χ4v) is 3.38. The molecule has 1 atom stereocenters. The van der Waals surface area contributed by atoms with E-state index in [1.54, 1.807) is 12.1 Å². The van der Waals surface area contributed by atoms with Gasteiger partial charge in [0, 0.05) is 31.8 Å². The minimum atomic E-state index is -3.12. The first kappa shape index (κ1) is 15.2. The first-order valence-electron chi connectivity index (χ1n) is 7.34. The molecule has 118 valence electrons. The molecule has 0 bridgehead atoms. The molecule has 0 unspecified atom stereocenters. The van der Waals surface area contributed by atoms with E-state index in [1.165, 1.54) is 6.26 Å². The lowest BCUT2D eigenvalue weighted by atomic mass is 10.1. The first-order chi connectivity index (χ1) is 10.4. The summed E-state index contributed by atoms with van der Waals surface area (Å²) in [6, 6.07) is 7.44. The van der Waals surface area contributed by atoms with Crippen molar-refractivity contribution in [3.63, 3.8) is 0 Å². The van der Waals surface area contributed by atoms with Crippen molar-refractivity contribution in [2.24, 2.45) is 0 Å². The molecule has 0 spiro atoms. The minimum absolute atomic E-state index is 0.360. The molecule has 6 nitrogen and oxygen atoms in total. The normalized spacial score (nSPS) is 18.2. The Morgan fingerprint density at radius 1 is 1.27 bits per heavy atom. The summed E-state index contributed by atoms with van der Waals surface area (Å²) in [7, 11) is -3.12. The van der Waals surface area contributed by atoms with Crippen LogP contribution in [0.2, 0.25) is 0 Å². The monoisotopic (exact) mass is 320 g/mol. The van der Waals surface area contributed by atoms with E-state index in [1.807, 2.05) is 19.1 Å². The summed E-state index contributed by atoms with van der Waals surface area (Å²) in [6.45, 7) is 3.59. The highest BCUT2D eigenvalue weighted by atomic mass is 32.2. The third-order valence-corrected chi connectivity index (χ3v) is 5.21. The number of hydrogen-bond acceptors (Lipinski definition) is 5. The highest BCUT2D eigenvalue weighted by Crippen LogP contribution is 2.15. The number of hydrogen-bond donors (Lipinski definition) is 1. The maximum absolute atomic E-state index is 11.4. The lowest BCUT2D eigenvalue weighted by Gasteiger charge is -2.25. The van der Waals surface area contributed by atoms with Crippen molar-refractivity contribution >= 4 is 9.84 Å². The number of benzene rings is 1. The molecule has 0 radical (unpaired) electrons. The Balaban J connectivity index is 1.61. The summed E-state index contributed by atoms with van der Waals surface area (Å²) in [4.78, 5) is 0.360. The number of nitrogens with one attached hydrogen (secondary N) is 1. The Hall–Kier alpha value is -1.73. The van der Waals surface area contributed by atoms with E-state index in [2.05, 4.69) is 20.1 Å². The van der Waals surface area contributed by atoms with Crippen molar-refractivity contribution in [2.75, 3.05) is 6.26 Å². The SMILES string of the molecule is Cc1nnc2n1C[C@@H](NCc1ccc(S(C)(=O)=O)cc1)CC2. The summed E-state index contributed by atoms with van der Waals surface area (Å²) in [5.74, 6) is 2.02. The van der Waals surface area contributed by atoms with E-state index in [0.717, 1.165) is 43.1 Å². The Bertz CT molecular complexity index is 765. The molecule has 1 aliphatic rings. The Kier molecular flexibility index (Phi) is 4.01. The molecule has 1 aromatic carbocycles. The summed E-state index contributed by atoms with van der Waals surface area (Å²) in [5.41, 5.74) is 1.08. The fraction of sp³-hybridized carbons (Fsp3) is 0.467. The van der Waals surface area contributed by atoms with Gasteiger partial charge in [-0.25, -0.2) is 8.42 Å². The maximum Gasteiger partial charge on any atom is 0.175 e. The highest BCUT2D eigenvalue weighted by molar-refractivity contribution is 7.90. The topological polar surface area (TPSA) is 76.9 Å². The molecule has 0 aliphatic carbocycles. The zero-order valence-electron chi connectivity index (χ0n) is 12.8. The smallest absolute Gasteiger partial charge is 0.175 e. The van der Waals surface area contributed by atoms with E-state index < -0.39 is 9.84 Å². The van der Waals surface area contributed by atoms with E-state index in [0.29, 0.717) is 10.9 Å². The van der Waals surface area contributed by atoms with E-state index in [-0.39, 0.29) is 0 Å². The summed E-state index contributed by atoms with van der Waals surface area (Å²) >= 11 is 0. The van der Waals surface area contributed by atoms with Crippen molar-refractivity contribution in [3.8, 4) is 0 Å². The van der Waals surface area contributed by atoms with Crippen LogP contribution in [-0.2, 0) is 29.3 Å². The Morgan fingerprint density at radius 2 is 2.00 bits per heavy atom. The molecule has 3 rings (SSSR count). The molecule has 0 amide bonds. The quantitative estimate of drug-likeness (QED) is 0.913. The van der Waals surface area contributed by atoms with Gasteiger partial charge in [-0.15, -0.1) is 10.2 Å². The second-order valence-corrected chi connectivity index (χ2v) is 7.82. The van der Waals surface area contributed by atoms with Crippen LogP contribution in [0.1, 0.15) is 23.6 Å². The van der Waals surface area contributed by atoms with Gasteiger partial charge in [-0.1, -0.05) is 12.1 Å². The Morgan fingerprint density at radius 3 is 2.68 bits per heavy atom. The fourth-order valence-electron chi connectivity index (χ4n) is 2.75. The molecular formula is C15H20N4O2S. The van der Waals surface area contributed by atoms with Crippen LogP contribution in [0.25, 0.3) is 0 Å². The molecular weight excluding hydrogens is 300 g/mol. The average molecular weight is 320 g/mol. The second kappa shape index (κ2) is 5.81. The second-order valence-electron chi connectivity index (χ2n) is 5.81. The van der Waals surface area contributed by atoms with Crippen LogP contribution in [0.3, 0.4) is 0 Å². The number of rotatable bonds is 4. The maximum atomic E-state index is 11.4. The van der Waals surface area contributed by atoms with Crippen molar-refractivity contribution in [1.29, 1.82) is 0 Å². The van der Waals surface area contributed by atoms with Crippen LogP contribution in [0, 0.1) is 6.92 Å². The van der Waals surface area contributed by atoms with Crippen LogP contribution in [0.4, 0.5) is 0 Å². The van der Waals surface area contributed by atoms with E-state index in [4.69, 9.17) is 0 Å². The van der Waals surface area contributed by atoms with Crippen LogP contribution in [-0.4, -0.2) is 35.5 Å². The third kappa shape index (κ3) is 3.20. The van der Waals surface area contributed by atoms with Gasteiger partial charge in [0.05, 0.1) is 4.90 Å². The van der Waals surface area contributed by atoms with Gasteiger partial charge in [-0.2, -0.15) is 0 Å². The van der Waals surface area contributed by atoms with Crippen molar-refractivity contribution < 1.29 is 8.42 Å². The number of nitrogens with zero attached hydrogens (tertiary/aromatic N) is 3. The first-order valence-corrected chi connectivity index (χ1v) is 9.23. The van der Waals surface area contributed by atoms with E-state index in [9.17, 15) is 8.42 Å². The zero-order chi connectivity index (χ0) is 15.7. The van der Waals surface area contributed by atoms with E-state index >= 15 is 0 Å². The van der Waals surface area contributed by atoms with Gasteiger partial charge in [0.2, 0.25) is 0 Å². The molecule has 1 N–H and O–H groups in total. The molecule has 0 saturated carbocycles. The van der Waals surface area contributed by atoms with Crippen LogP contribution >= 0.6 is 0 Å². The lowest BCUT2D eigenvalue weighted by molar-refractivity contribution is 0.375. The third-order valence-electron chi connectivity index (χ3n) is 4.08. The van der Waals surface area contributed by atoms with Crippen molar-refractivity contribution in [3.05, 3.63) is 41.5 Å². The van der Waals surface area contributed by atoms with Gasteiger partial charge < -0.3 is 9.88 Å². The van der Waals surface area contributed by atoms with Gasteiger partial charge in [0.15, 0.2) is 9.84 Å².